The van der Waals surface area contributed by atoms with Crippen molar-refractivity contribution in [2.24, 2.45) is 0 Å². The van der Waals surface area contributed by atoms with Gasteiger partial charge in [0.2, 0.25) is 0 Å². The number of likely N-dealkylation sites (N-methyl/N-ethyl adjacent to an activating group) is 1. The zero-order valence-electron chi connectivity index (χ0n) is 14.7. The van der Waals surface area contributed by atoms with E-state index in [4.69, 9.17) is 4.74 Å². The highest BCUT2D eigenvalue weighted by Gasteiger charge is 2.20. The van der Waals surface area contributed by atoms with Gasteiger partial charge in [0.25, 0.3) is 0 Å². The van der Waals surface area contributed by atoms with Gasteiger partial charge in [0.15, 0.2) is 0 Å². The number of nitrogens with one attached hydrogen (secondary N) is 1. The van der Waals surface area contributed by atoms with Gasteiger partial charge in [-0.05, 0) is 41.5 Å². The molecular formula is C16H30N4O2. The van der Waals surface area contributed by atoms with E-state index in [0.717, 1.165) is 12.1 Å². The topological polar surface area (TPSA) is 59.4 Å². The van der Waals surface area contributed by atoms with Crippen molar-refractivity contribution >= 4 is 6.09 Å². The van der Waals surface area contributed by atoms with Gasteiger partial charge in [-0.25, -0.2) is 4.79 Å². The zero-order chi connectivity index (χ0) is 16.8. The first-order valence-corrected chi connectivity index (χ1v) is 8.00. The summed E-state index contributed by atoms with van der Waals surface area (Å²) in [7, 11) is 0. The monoisotopic (exact) mass is 310 g/mol. The SMILES string of the molecule is CCN(CCNC(C)c1cnn(CC)c1)C(=O)OC(C)(C)C. The minimum atomic E-state index is -0.458. The lowest BCUT2D eigenvalue weighted by Gasteiger charge is -2.27. The molecule has 1 rings (SSSR count). The van der Waals surface area contributed by atoms with Crippen molar-refractivity contribution in [3.8, 4) is 0 Å². The lowest BCUT2D eigenvalue weighted by Crippen LogP contribution is -2.40. The summed E-state index contributed by atoms with van der Waals surface area (Å²) >= 11 is 0. The highest BCUT2D eigenvalue weighted by Crippen LogP contribution is 2.11. The maximum Gasteiger partial charge on any atom is 0.410 e. The molecule has 22 heavy (non-hydrogen) atoms. The van der Waals surface area contributed by atoms with Crippen LogP contribution < -0.4 is 5.32 Å². The summed E-state index contributed by atoms with van der Waals surface area (Å²) in [5.41, 5.74) is 0.696. The number of carbonyl (C=O) groups excluding carboxylic acids is 1. The number of hydrogen-bond acceptors (Lipinski definition) is 4. The Kier molecular flexibility index (Phi) is 6.87. The first kappa shape index (κ1) is 18.5. The summed E-state index contributed by atoms with van der Waals surface area (Å²) in [4.78, 5) is 13.7. The van der Waals surface area contributed by atoms with E-state index < -0.39 is 5.60 Å². The minimum Gasteiger partial charge on any atom is -0.444 e. The molecule has 0 radical (unpaired) electrons. The van der Waals surface area contributed by atoms with E-state index in [2.05, 4.69) is 24.3 Å². The fourth-order valence-corrected chi connectivity index (χ4v) is 2.01. The molecule has 0 saturated carbocycles. The van der Waals surface area contributed by atoms with Crippen LogP contribution in [0, 0.1) is 0 Å². The third-order valence-electron chi connectivity index (χ3n) is 3.34. The average molecular weight is 310 g/mol. The molecule has 0 aliphatic heterocycles. The van der Waals surface area contributed by atoms with Gasteiger partial charge in [0.1, 0.15) is 5.60 Å². The zero-order valence-corrected chi connectivity index (χ0v) is 14.7. The quantitative estimate of drug-likeness (QED) is 0.841. The smallest absolute Gasteiger partial charge is 0.410 e. The predicted molar refractivity (Wildman–Crippen MR) is 87.8 cm³/mol. The van der Waals surface area contributed by atoms with Gasteiger partial charge >= 0.3 is 6.09 Å². The summed E-state index contributed by atoms with van der Waals surface area (Å²) < 4.78 is 7.31. The van der Waals surface area contributed by atoms with E-state index in [-0.39, 0.29) is 12.1 Å². The third-order valence-corrected chi connectivity index (χ3v) is 3.34. The standard InChI is InChI=1S/C16H30N4O2/c1-7-19(15(21)22-16(4,5)6)10-9-17-13(3)14-11-18-20(8-2)12-14/h11-13,17H,7-10H2,1-6H3. The molecule has 0 saturated heterocycles. The van der Waals surface area contributed by atoms with E-state index in [1.807, 2.05) is 44.8 Å². The molecule has 1 amide bonds. The predicted octanol–water partition coefficient (Wildman–Crippen LogP) is 2.81. The van der Waals surface area contributed by atoms with E-state index in [1.165, 1.54) is 0 Å². The Morgan fingerprint density at radius 2 is 2.14 bits per heavy atom. The molecule has 0 fully saturated rings. The third kappa shape index (κ3) is 6.05. The maximum absolute atomic E-state index is 12.0. The molecule has 1 unspecified atom stereocenters. The Labute approximate surface area is 133 Å². The van der Waals surface area contributed by atoms with Crippen LogP contribution in [0.1, 0.15) is 53.1 Å². The molecule has 0 spiro atoms. The van der Waals surface area contributed by atoms with Crippen molar-refractivity contribution in [3.63, 3.8) is 0 Å². The highest BCUT2D eigenvalue weighted by molar-refractivity contribution is 5.68. The van der Waals surface area contributed by atoms with Crippen LogP contribution in [0.4, 0.5) is 4.79 Å². The lowest BCUT2D eigenvalue weighted by molar-refractivity contribution is 0.0261. The van der Waals surface area contributed by atoms with Crippen LogP contribution >= 0.6 is 0 Å². The molecule has 1 aromatic rings. The van der Waals surface area contributed by atoms with E-state index in [9.17, 15) is 4.79 Å². The summed E-state index contributed by atoms with van der Waals surface area (Å²) in [5, 5.41) is 7.69. The molecule has 1 aromatic heterocycles. The summed E-state index contributed by atoms with van der Waals surface area (Å²) in [6.07, 6.45) is 3.67. The Morgan fingerprint density at radius 1 is 1.45 bits per heavy atom. The van der Waals surface area contributed by atoms with E-state index in [0.29, 0.717) is 19.6 Å². The van der Waals surface area contributed by atoms with Gasteiger partial charge in [-0.3, -0.25) is 4.68 Å². The lowest BCUT2D eigenvalue weighted by atomic mass is 10.2. The van der Waals surface area contributed by atoms with E-state index >= 15 is 0 Å². The van der Waals surface area contributed by atoms with E-state index in [1.54, 1.807) is 4.90 Å². The number of rotatable bonds is 7. The number of aryl methyl sites for hydroxylation is 1. The van der Waals surface area contributed by atoms with Crippen molar-refractivity contribution in [1.82, 2.24) is 20.0 Å². The molecule has 0 bridgehead atoms. The van der Waals surface area contributed by atoms with Crippen LogP contribution in [0.5, 0.6) is 0 Å². The molecule has 1 heterocycles. The van der Waals surface area contributed by atoms with Gasteiger partial charge in [-0.1, -0.05) is 0 Å². The van der Waals surface area contributed by atoms with Gasteiger partial charge in [0.05, 0.1) is 6.20 Å². The maximum atomic E-state index is 12.0. The first-order valence-electron chi connectivity index (χ1n) is 8.00. The molecule has 1 N–H and O–H groups in total. The molecule has 126 valence electrons. The Balaban J connectivity index is 2.41. The Morgan fingerprint density at radius 3 is 2.64 bits per heavy atom. The van der Waals surface area contributed by atoms with Crippen LogP contribution in [0.15, 0.2) is 12.4 Å². The molecule has 0 aromatic carbocycles. The number of ether oxygens (including phenoxy) is 1. The van der Waals surface area contributed by atoms with Gasteiger partial charge in [-0.15, -0.1) is 0 Å². The van der Waals surface area contributed by atoms with Crippen molar-refractivity contribution in [2.45, 2.75) is 59.7 Å². The molecular weight excluding hydrogens is 280 g/mol. The largest absolute Gasteiger partial charge is 0.444 e. The number of hydrogen-bond donors (Lipinski definition) is 1. The van der Waals surface area contributed by atoms with Crippen LogP contribution in [0.3, 0.4) is 0 Å². The average Bonchev–Trinajstić information content (AvgIpc) is 2.90. The summed E-state index contributed by atoms with van der Waals surface area (Å²) in [6, 6.07) is 0.206. The summed E-state index contributed by atoms with van der Waals surface area (Å²) in [6.45, 7) is 14.6. The van der Waals surface area contributed by atoms with Gasteiger partial charge in [-0.2, -0.15) is 5.10 Å². The normalized spacial score (nSPS) is 13.0. The molecule has 0 aliphatic rings. The van der Waals surface area contributed by atoms with Crippen molar-refractivity contribution in [1.29, 1.82) is 0 Å². The highest BCUT2D eigenvalue weighted by atomic mass is 16.6. The number of carbonyl (C=O) groups is 1. The summed E-state index contributed by atoms with van der Waals surface area (Å²) in [5.74, 6) is 0. The van der Waals surface area contributed by atoms with Crippen LogP contribution in [0.25, 0.3) is 0 Å². The molecule has 6 nitrogen and oxygen atoms in total. The fourth-order valence-electron chi connectivity index (χ4n) is 2.01. The fraction of sp³-hybridized carbons (Fsp3) is 0.750. The van der Waals surface area contributed by atoms with Gasteiger partial charge < -0.3 is 15.0 Å². The molecule has 6 heteroatoms. The second kappa shape index (κ2) is 8.17. The minimum absolute atomic E-state index is 0.206. The Hall–Kier alpha value is -1.56. The van der Waals surface area contributed by atoms with Crippen LogP contribution in [-0.2, 0) is 11.3 Å². The van der Waals surface area contributed by atoms with Crippen molar-refractivity contribution in [3.05, 3.63) is 18.0 Å². The van der Waals surface area contributed by atoms with Crippen LogP contribution in [-0.4, -0.2) is 46.0 Å². The molecule has 0 aliphatic carbocycles. The second-order valence-electron chi connectivity index (χ2n) is 6.37. The van der Waals surface area contributed by atoms with Crippen LogP contribution in [0.2, 0.25) is 0 Å². The van der Waals surface area contributed by atoms with Gasteiger partial charge in [0, 0.05) is 44.0 Å². The van der Waals surface area contributed by atoms with Crippen molar-refractivity contribution in [2.75, 3.05) is 19.6 Å². The number of aromatic nitrogens is 2. The second-order valence-corrected chi connectivity index (χ2v) is 6.37. The first-order chi connectivity index (χ1) is 10.3. The number of amides is 1. The van der Waals surface area contributed by atoms with Crippen molar-refractivity contribution < 1.29 is 9.53 Å². The number of nitrogens with zero attached hydrogens (tertiary/aromatic N) is 3. The molecule has 1 atom stereocenters. The Bertz CT molecular complexity index is 465.